The third kappa shape index (κ3) is 6.51. The van der Waals surface area contributed by atoms with E-state index in [1.54, 1.807) is 30.3 Å². The van der Waals surface area contributed by atoms with Crippen LogP contribution in [0, 0.1) is 0 Å². The van der Waals surface area contributed by atoms with E-state index < -0.39 is 36.0 Å². The van der Waals surface area contributed by atoms with E-state index in [1.165, 1.54) is 19.3 Å². The van der Waals surface area contributed by atoms with Crippen LogP contribution in [0.5, 0.6) is 0 Å². The maximum Gasteiger partial charge on any atom is 0.417 e. The number of methoxy groups -OCH3 is 1. The Morgan fingerprint density at radius 2 is 1.88 bits per heavy atom. The minimum atomic E-state index is -1.34. The molecule has 184 valence electrons. The molecule has 2 amide bonds. The number of cyclic esters (lactones) is 1. The Morgan fingerprint density at radius 1 is 1.15 bits per heavy atom. The van der Waals surface area contributed by atoms with Gasteiger partial charge in [-0.3, -0.25) is 9.59 Å². The van der Waals surface area contributed by atoms with Crippen LogP contribution in [0.3, 0.4) is 0 Å². The molecule has 3 atom stereocenters. The van der Waals surface area contributed by atoms with Crippen molar-refractivity contribution in [1.29, 1.82) is 0 Å². The first-order valence-corrected chi connectivity index (χ1v) is 11.0. The van der Waals surface area contributed by atoms with Crippen molar-refractivity contribution in [3.63, 3.8) is 0 Å². The number of ketones is 1. The topological polar surface area (TPSA) is 121 Å². The molecule has 2 heterocycles. The van der Waals surface area contributed by atoms with E-state index in [2.05, 4.69) is 0 Å². The lowest BCUT2D eigenvalue weighted by atomic mass is 10.0. The van der Waals surface area contributed by atoms with Gasteiger partial charge >= 0.3 is 6.09 Å². The number of carbonyl (C=O) groups is 3. The Hall–Kier alpha value is -3.05. The summed E-state index contributed by atoms with van der Waals surface area (Å²) in [4.78, 5) is 39.2. The van der Waals surface area contributed by atoms with Crippen LogP contribution in [0.1, 0.15) is 18.0 Å². The van der Waals surface area contributed by atoms with Crippen molar-refractivity contribution >= 4 is 17.8 Å². The van der Waals surface area contributed by atoms with E-state index in [4.69, 9.17) is 28.8 Å². The number of ether oxygens (including phenoxy) is 5. The van der Waals surface area contributed by atoms with Crippen LogP contribution in [0.4, 0.5) is 4.79 Å². The molecule has 10 nitrogen and oxygen atoms in total. The zero-order valence-electron chi connectivity index (χ0n) is 19.0. The normalized spacial score (nSPS) is 22.1. The molecule has 10 heteroatoms. The molecule has 34 heavy (non-hydrogen) atoms. The molecular weight excluding hydrogens is 446 g/mol. The van der Waals surface area contributed by atoms with Crippen LogP contribution >= 0.6 is 0 Å². The molecule has 0 unspecified atom stereocenters. The Kier molecular flexibility index (Phi) is 9.77. The van der Waals surface area contributed by atoms with Gasteiger partial charge in [0, 0.05) is 7.11 Å². The fourth-order valence-electron chi connectivity index (χ4n) is 3.58. The molecule has 1 N–H and O–H groups in total. The van der Waals surface area contributed by atoms with Gasteiger partial charge in [-0.25, -0.2) is 9.69 Å². The summed E-state index contributed by atoms with van der Waals surface area (Å²) in [6.07, 6.45) is 1.69. The fourth-order valence-corrected chi connectivity index (χ4v) is 3.58. The lowest BCUT2D eigenvalue weighted by molar-refractivity contribution is -0.153. The molecule has 2 aliphatic heterocycles. The van der Waals surface area contributed by atoms with Crippen molar-refractivity contribution in [1.82, 2.24) is 4.90 Å². The van der Waals surface area contributed by atoms with E-state index in [9.17, 15) is 14.4 Å². The van der Waals surface area contributed by atoms with E-state index in [1.807, 2.05) is 6.07 Å². The Morgan fingerprint density at radius 3 is 2.59 bits per heavy atom. The number of allylic oxidation sites excluding steroid dienone is 1. The second-order valence-electron chi connectivity index (χ2n) is 7.49. The number of hydrogen-bond acceptors (Lipinski definition) is 9. The van der Waals surface area contributed by atoms with Crippen LogP contribution in [0.25, 0.3) is 0 Å². The number of nitrogens with zero attached hydrogens (tertiary/aromatic N) is 1. The third-order valence-electron chi connectivity index (χ3n) is 5.24. The highest BCUT2D eigenvalue weighted by atomic mass is 16.6. The molecule has 1 aromatic carbocycles. The lowest BCUT2D eigenvalue weighted by Gasteiger charge is -2.30. The van der Waals surface area contributed by atoms with Crippen molar-refractivity contribution in [2.45, 2.75) is 24.7 Å². The van der Waals surface area contributed by atoms with Gasteiger partial charge in [-0.2, -0.15) is 0 Å². The molecule has 0 aromatic heterocycles. The molecule has 0 aliphatic carbocycles. The standard InChI is InChI=1S/C24H29NO9/c1-30-22(23(28)25-19(16-33-24(25)29)17-6-3-2-4-7-17)21-20(27)10-9-18(34-21)8-5-12-31-14-15-32-13-11-26/h2-4,6-10,19,21-22,26H,5,11-16H2,1H3/t19-,21-,22+/m0/s1. The highest BCUT2D eigenvalue weighted by Gasteiger charge is 2.46. The molecule has 0 bridgehead atoms. The van der Waals surface area contributed by atoms with Crippen LogP contribution in [0.2, 0.25) is 0 Å². The first kappa shape index (κ1) is 25.6. The van der Waals surface area contributed by atoms with Gasteiger partial charge in [-0.15, -0.1) is 0 Å². The number of rotatable bonds is 12. The lowest BCUT2D eigenvalue weighted by Crippen LogP contribution is -2.51. The maximum absolute atomic E-state index is 13.3. The number of carbonyl (C=O) groups excluding carboxylic acids is 3. The first-order valence-electron chi connectivity index (χ1n) is 11.0. The van der Waals surface area contributed by atoms with Crippen LogP contribution < -0.4 is 0 Å². The van der Waals surface area contributed by atoms with Crippen molar-refractivity contribution in [2.24, 2.45) is 0 Å². The van der Waals surface area contributed by atoms with Crippen LogP contribution in [0.15, 0.2) is 54.3 Å². The summed E-state index contributed by atoms with van der Waals surface area (Å²) >= 11 is 0. The number of hydrogen-bond donors (Lipinski definition) is 1. The Balaban J connectivity index is 1.62. The molecule has 2 aliphatic rings. The maximum atomic E-state index is 13.3. The van der Waals surface area contributed by atoms with Gasteiger partial charge in [0.25, 0.3) is 5.91 Å². The summed E-state index contributed by atoms with van der Waals surface area (Å²) in [5, 5.41) is 8.65. The highest BCUT2D eigenvalue weighted by molar-refractivity contribution is 6.03. The van der Waals surface area contributed by atoms with Gasteiger partial charge in [0.2, 0.25) is 0 Å². The van der Waals surface area contributed by atoms with Crippen molar-refractivity contribution in [3.8, 4) is 0 Å². The average Bonchev–Trinajstić information content (AvgIpc) is 3.24. The molecule has 0 radical (unpaired) electrons. The van der Waals surface area contributed by atoms with Gasteiger partial charge < -0.3 is 28.8 Å². The quantitative estimate of drug-likeness (QED) is 0.449. The number of imide groups is 1. The van der Waals surface area contributed by atoms with E-state index in [0.717, 1.165) is 10.5 Å². The molecule has 0 spiro atoms. The van der Waals surface area contributed by atoms with Gasteiger partial charge in [0.15, 0.2) is 18.0 Å². The Bertz CT molecular complexity index is 899. The minimum Gasteiger partial charge on any atom is -0.479 e. The summed E-state index contributed by atoms with van der Waals surface area (Å²) in [5.41, 5.74) is 0.731. The largest absolute Gasteiger partial charge is 0.479 e. The van der Waals surface area contributed by atoms with Gasteiger partial charge in [0.05, 0.1) is 33.0 Å². The summed E-state index contributed by atoms with van der Waals surface area (Å²) in [6, 6.07) is 8.40. The van der Waals surface area contributed by atoms with Crippen molar-refractivity contribution < 1.29 is 43.2 Å². The number of amides is 2. The SMILES string of the molecule is CO[C@@H](C(=O)N1C(=O)OC[C@H]1c1ccccc1)[C@H]1OC(=CCCOCCOCCO)C=CC1=O. The number of benzene rings is 1. The summed E-state index contributed by atoms with van der Waals surface area (Å²) < 4.78 is 26.7. The van der Waals surface area contributed by atoms with Gasteiger partial charge in [-0.1, -0.05) is 30.3 Å². The van der Waals surface area contributed by atoms with Crippen LogP contribution in [-0.4, -0.2) is 86.7 Å². The fraction of sp³-hybridized carbons (Fsp3) is 0.458. The number of aliphatic hydroxyl groups is 1. The minimum absolute atomic E-state index is 0.0145. The zero-order valence-corrected chi connectivity index (χ0v) is 19.0. The monoisotopic (exact) mass is 475 g/mol. The second kappa shape index (κ2) is 13.0. The van der Waals surface area contributed by atoms with E-state index in [-0.39, 0.29) is 19.8 Å². The summed E-state index contributed by atoms with van der Waals surface area (Å²) in [7, 11) is 1.28. The highest BCUT2D eigenvalue weighted by Crippen LogP contribution is 2.30. The van der Waals surface area contributed by atoms with E-state index in [0.29, 0.717) is 32.0 Å². The second-order valence-corrected chi connectivity index (χ2v) is 7.49. The molecule has 0 saturated carbocycles. The van der Waals surface area contributed by atoms with Gasteiger partial charge in [0.1, 0.15) is 18.4 Å². The zero-order chi connectivity index (χ0) is 24.3. The van der Waals surface area contributed by atoms with E-state index >= 15 is 0 Å². The molecule has 1 aromatic rings. The molecule has 1 saturated heterocycles. The third-order valence-corrected chi connectivity index (χ3v) is 5.24. The smallest absolute Gasteiger partial charge is 0.417 e. The predicted molar refractivity (Wildman–Crippen MR) is 119 cm³/mol. The molecular formula is C24H29NO9. The average molecular weight is 475 g/mol. The Labute approximate surface area is 197 Å². The van der Waals surface area contributed by atoms with Crippen molar-refractivity contribution in [3.05, 3.63) is 59.9 Å². The molecule has 3 rings (SSSR count). The number of aliphatic hydroxyl groups excluding tert-OH is 1. The molecule has 1 fully saturated rings. The summed E-state index contributed by atoms with van der Waals surface area (Å²) in [5.74, 6) is -0.764. The van der Waals surface area contributed by atoms with Crippen LogP contribution in [-0.2, 0) is 33.3 Å². The predicted octanol–water partition coefficient (Wildman–Crippen LogP) is 1.55. The summed E-state index contributed by atoms with van der Waals surface area (Å²) in [6.45, 7) is 1.41. The first-order chi connectivity index (χ1) is 16.6. The van der Waals surface area contributed by atoms with Crippen molar-refractivity contribution in [2.75, 3.05) is 46.8 Å². The van der Waals surface area contributed by atoms with Gasteiger partial charge in [-0.05, 0) is 30.2 Å².